The van der Waals surface area contributed by atoms with Gasteiger partial charge in [0.15, 0.2) is 12.2 Å². The number of rotatable bonds is 18. The number of hydrogen-bond acceptors (Lipinski definition) is 14. The lowest BCUT2D eigenvalue weighted by Crippen LogP contribution is -3.00. The van der Waals surface area contributed by atoms with E-state index in [4.69, 9.17) is 32.9 Å². The highest BCUT2D eigenvalue weighted by Crippen LogP contribution is 2.43. The third kappa shape index (κ3) is 14.2. The van der Waals surface area contributed by atoms with Crippen LogP contribution in [0.4, 0.5) is 5.69 Å². The molecule has 4 aliphatic rings. The van der Waals surface area contributed by atoms with E-state index in [2.05, 4.69) is 61.4 Å². The molecule has 2 aliphatic heterocycles. The van der Waals surface area contributed by atoms with E-state index in [0.717, 1.165) is 155 Å². The number of para-hydroxylation sites is 2. The van der Waals surface area contributed by atoms with Gasteiger partial charge in [0, 0.05) is 63.3 Å². The van der Waals surface area contributed by atoms with Crippen molar-refractivity contribution in [2.24, 2.45) is 11.8 Å². The average Bonchev–Trinajstić information content (AvgIpc) is 4.26. The van der Waals surface area contributed by atoms with Crippen LogP contribution in [0.25, 0.3) is 10.2 Å². The number of carboxylic acid groups (broad SMARTS) is 1. The van der Waals surface area contributed by atoms with Gasteiger partial charge in [0.25, 0.3) is 5.19 Å². The van der Waals surface area contributed by atoms with Gasteiger partial charge < -0.3 is 69.4 Å². The van der Waals surface area contributed by atoms with E-state index >= 15 is 0 Å². The van der Waals surface area contributed by atoms with Crippen LogP contribution in [0, 0.1) is 11.8 Å². The molecule has 3 aromatic heterocycles. The summed E-state index contributed by atoms with van der Waals surface area (Å²) in [6, 6.07) is 25.3. The van der Waals surface area contributed by atoms with E-state index in [0.29, 0.717) is 23.3 Å². The van der Waals surface area contributed by atoms with Crippen LogP contribution in [0.1, 0.15) is 101 Å². The van der Waals surface area contributed by atoms with Gasteiger partial charge in [0.2, 0.25) is 11.2 Å². The first-order valence-corrected chi connectivity index (χ1v) is 26.5. The number of likely N-dealkylation sites (tertiary alicyclic amines) is 2. The maximum absolute atomic E-state index is 13.4. The number of aliphatic hydroxyl groups is 2. The maximum Gasteiger partial charge on any atom is 0.346 e. The highest BCUT2D eigenvalue weighted by atomic mass is 35.5. The molecule has 2 saturated heterocycles. The molecule has 4 unspecified atom stereocenters. The zero-order chi connectivity index (χ0) is 50.3. The second-order valence-electron chi connectivity index (χ2n) is 20.6. The molecule has 9 rings (SSSR count). The van der Waals surface area contributed by atoms with Gasteiger partial charge in [-0.1, -0.05) is 80.2 Å². The highest BCUT2D eigenvalue weighted by molar-refractivity contribution is 7.20. The summed E-state index contributed by atoms with van der Waals surface area (Å²) in [6.45, 7) is 6.52. The van der Waals surface area contributed by atoms with E-state index < -0.39 is 29.6 Å². The van der Waals surface area contributed by atoms with Crippen LogP contribution >= 0.6 is 11.3 Å². The minimum atomic E-state index is -1.71. The molecule has 6 atom stereocenters. The second kappa shape index (κ2) is 26.3. The van der Waals surface area contributed by atoms with E-state index in [1.165, 1.54) is 18.2 Å². The lowest BCUT2D eigenvalue weighted by molar-refractivity contribution is -0.899. The Morgan fingerprint density at radius 1 is 0.736 bits per heavy atom. The molecule has 0 bridgehead atoms. The molecule has 0 spiro atoms. The van der Waals surface area contributed by atoms with Crippen molar-refractivity contribution in [1.82, 2.24) is 4.98 Å². The van der Waals surface area contributed by atoms with Gasteiger partial charge in [-0.2, -0.15) is 0 Å². The average molecular weight is 1040 g/mol. The fourth-order valence-electron chi connectivity index (χ4n) is 11.3. The number of fused-ring (bicyclic) bond motifs is 1. The topological polar surface area (TPSA) is 185 Å². The van der Waals surface area contributed by atoms with E-state index in [1.54, 1.807) is 35.6 Å². The molecular formula is C55H75ClN4O11S. The molecule has 2 N–H and O–H groups in total. The summed E-state index contributed by atoms with van der Waals surface area (Å²) in [6.07, 6.45) is 15.9. The van der Waals surface area contributed by atoms with Crippen LogP contribution in [0.15, 0.2) is 100 Å². The molecule has 2 aromatic carbocycles. The standard InChI is InChI=1S/C27H35N2O5S.C27H39N2O4.CH2O2.ClH/c1-29(15-8-18-33-26-28-22-11-5-6-12-23(22)35-26)16-14-21(19-29)34-25(30)27(31,24-13-7-17-32-24)20-9-3-2-4-10-20;1-28(23-13-7-4-8-14-23)17-10-18-29(2)19-16-24(21-29)33-26(30)27(31,25-15-9-20-32-25)22-11-5-3-6-12-22;2-1-3;/h5-7,11-13,17,20-21,31H,2-4,8-10,14-16,18-19H2,1H3;4,7-9,13-15,20,22,24,31H,3,5-6,10-12,16-19,21H2,1-2H3;1H,(H,2,3);1H/q2*+1;;/p-2/t21-,27?,29?;24-,27?,29?;;/m11../s1. The molecule has 0 amide bonds. The minimum absolute atomic E-state index is 0. The van der Waals surface area contributed by atoms with Crippen molar-refractivity contribution in [3.8, 4) is 5.19 Å². The number of quaternary nitrogens is 2. The van der Waals surface area contributed by atoms with E-state index in [1.807, 2.05) is 24.3 Å². The summed E-state index contributed by atoms with van der Waals surface area (Å²) in [7, 11) is 6.58. The van der Waals surface area contributed by atoms with Crippen LogP contribution in [-0.4, -0.2) is 128 Å². The van der Waals surface area contributed by atoms with Gasteiger partial charge in [-0.25, -0.2) is 14.6 Å². The van der Waals surface area contributed by atoms with Crippen molar-refractivity contribution in [3.63, 3.8) is 0 Å². The number of anilines is 1. The van der Waals surface area contributed by atoms with Gasteiger partial charge in [0.1, 0.15) is 24.6 Å². The van der Waals surface area contributed by atoms with Crippen molar-refractivity contribution in [2.45, 2.75) is 113 Å². The summed E-state index contributed by atoms with van der Waals surface area (Å²) < 4.78 is 31.7. The fourth-order valence-corrected chi connectivity index (χ4v) is 12.2. The van der Waals surface area contributed by atoms with Gasteiger partial charge in [-0.3, -0.25) is 0 Å². The number of ether oxygens (including phenoxy) is 3. The molecule has 2 aliphatic carbocycles. The smallest absolute Gasteiger partial charge is 0.346 e. The van der Waals surface area contributed by atoms with Crippen LogP contribution in [-0.2, 0) is 35.1 Å². The van der Waals surface area contributed by atoms with Crippen LogP contribution in [0.3, 0.4) is 0 Å². The Bertz CT molecular complexity index is 2360. The van der Waals surface area contributed by atoms with Gasteiger partial charge in [-0.05, 0) is 74.2 Å². The van der Waals surface area contributed by atoms with Crippen LogP contribution < -0.4 is 27.2 Å². The number of halogens is 1. The Morgan fingerprint density at radius 3 is 1.71 bits per heavy atom. The molecule has 5 aromatic rings. The molecule has 15 nitrogen and oxygen atoms in total. The number of nitrogens with zero attached hydrogens (tertiary/aromatic N) is 4. The van der Waals surface area contributed by atoms with Gasteiger partial charge in [-0.15, -0.1) is 0 Å². The second-order valence-corrected chi connectivity index (χ2v) is 21.6. The number of hydrogen-bond donors (Lipinski definition) is 2. The van der Waals surface area contributed by atoms with Crippen LogP contribution in [0.5, 0.6) is 5.19 Å². The van der Waals surface area contributed by atoms with E-state index in [-0.39, 0.29) is 36.5 Å². The third-order valence-corrected chi connectivity index (χ3v) is 16.3. The molecule has 17 heteroatoms. The Labute approximate surface area is 434 Å². The fraction of sp³-hybridized carbons (Fsp3) is 0.564. The summed E-state index contributed by atoms with van der Waals surface area (Å²) >= 11 is 1.57. The molecule has 2 saturated carbocycles. The number of thiazole rings is 1. The SMILES string of the molecule is CN(CCC[N+]1(C)CC[C@@H](OC(=O)C(O)(c2ccco2)C2CCCCC2)C1)c1ccccc1.C[N+]1(CCCOc2nc3ccccc3s2)CC[C@@H](OC(=O)C(O)(c2ccco2)C2CCCCC2)C1.O=C[O-].[Cl-]. The van der Waals surface area contributed by atoms with Crippen LogP contribution in [0.2, 0.25) is 0 Å². The van der Waals surface area contributed by atoms with Gasteiger partial charge in [0.05, 0.1) is 69.6 Å². The van der Waals surface area contributed by atoms with Crippen molar-refractivity contribution in [2.75, 3.05) is 78.5 Å². The predicted molar refractivity (Wildman–Crippen MR) is 269 cm³/mol. The van der Waals surface area contributed by atoms with E-state index in [9.17, 15) is 19.8 Å². The Hall–Kier alpha value is -4.97. The maximum atomic E-state index is 13.4. The monoisotopic (exact) mass is 1030 g/mol. The largest absolute Gasteiger partial charge is 1.00 e. The number of aromatic nitrogens is 1. The van der Waals surface area contributed by atoms with Crippen molar-refractivity contribution >= 4 is 45.7 Å². The zero-order valence-electron chi connectivity index (χ0n) is 42.2. The molecule has 0 radical (unpaired) electrons. The zero-order valence-corrected chi connectivity index (χ0v) is 43.8. The Kier molecular flexibility index (Phi) is 20.6. The first-order chi connectivity index (χ1) is 34.3. The number of carbonyl (C=O) groups is 3. The molecular weight excluding hydrogens is 960 g/mol. The summed E-state index contributed by atoms with van der Waals surface area (Å²) in [5, 5.41) is 32.1. The molecule has 5 heterocycles. The number of carbonyl (C=O) groups excluding carboxylic acids is 3. The molecule has 4 fully saturated rings. The van der Waals surface area contributed by atoms with Gasteiger partial charge >= 0.3 is 11.9 Å². The number of benzene rings is 2. The minimum Gasteiger partial charge on any atom is -1.00 e. The first kappa shape index (κ1) is 56.3. The third-order valence-electron chi connectivity index (χ3n) is 15.4. The van der Waals surface area contributed by atoms with Crippen molar-refractivity contribution in [3.05, 3.63) is 103 Å². The number of likely N-dealkylation sites (N-methyl/N-ethyl adjacent to an activating group) is 2. The van der Waals surface area contributed by atoms with Crippen molar-refractivity contribution in [1.29, 1.82) is 0 Å². The lowest BCUT2D eigenvalue weighted by atomic mass is 9.75. The Morgan fingerprint density at radius 2 is 1.22 bits per heavy atom. The molecule has 72 heavy (non-hydrogen) atoms. The summed E-state index contributed by atoms with van der Waals surface area (Å²) in [5.41, 5.74) is -1.19. The number of furan rings is 2. The van der Waals surface area contributed by atoms with Crippen molar-refractivity contribution < 1.29 is 74.1 Å². The summed E-state index contributed by atoms with van der Waals surface area (Å²) in [5.74, 6) is -0.795. The Balaban J connectivity index is 0.000000221. The molecule has 394 valence electrons. The highest BCUT2D eigenvalue weighted by Gasteiger charge is 2.53. The lowest BCUT2D eigenvalue weighted by Gasteiger charge is -2.35. The first-order valence-electron chi connectivity index (χ1n) is 25.7. The normalized spacial score (nSPS) is 24.0. The quantitative estimate of drug-likeness (QED) is 0.0538. The number of esters is 2. The predicted octanol–water partition coefficient (Wildman–Crippen LogP) is 4.59. The summed E-state index contributed by atoms with van der Waals surface area (Å²) in [4.78, 5) is 41.8.